The molecule has 2 rings (SSSR count). The van der Waals surface area contributed by atoms with E-state index in [0.29, 0.717) is 0 Å². The molecule has 0 aliphatic heterocycles. The Morgan fingerprint density at radius 2 is 2.16 bits per heavy atom. The van der Waals surface area contributed by atoms with Gasteiger partial charge in [0.1, 0.15) is 6.54 Å². The van der Waals surface area contributed by atoms with Crippen LogP contribution >= 0.6 is 22.6 Å². The van der Waals surface area contributed by atoms with E-state index in [1.54, 1.807) is 6.92 Å². The van der Waals surface area contributed by atoms with Crippen molar-refractivity contribution in [2.75, 3.05) is 0 Å². The van der Waals surface area contributed by atoms with Crippen molar-refractivity contribution in [3.8, 4) is 0 Å². The van der Waals surface area contributed by atoms with Crippen molar-refractivity contribution in [1.29, 1.82) is 0 Å². The minimum absolute atomic E-state index is 0.0914. The van der Waals surface area contributed by atoms with E-state index in [1.165, 1.54) is 21.6 Å². The first-order valence-electron chi connectivity index (χ1n) is 5.33. The zero-order valence-electron chi connectivity index (χ0n) is 10.2. The Balaban J connectivity index is 2.20. The number of carbonyl (C=O) groups is 1. The van der Waals surface area contributed by atoms with Crippen LogP contribution in [0.25, 0.3) is 0 Å². The second kappa shape index (κ2) is 5.07. The molecule has 0 unspecified atom stereocenters. The number of nitro groups is 1. The maximum absolute atomic E-state index is 12.0. The van der Waals surface area contributed by atoms with Gasteiger partial charge in [0.05, 0.1) is 32.3 Å². The van der Waals surface area contributed by atoms with Crippen LogP contribution in [0.15, 0.2) is 12.3 Å². The number of carbonyl (C=O) groups excluding carboxylic acids is 1. The van der Waals surface area contributed by atoms with Crippen molar-refractivity contribution in [1.82, 2.24) is 19.6 Å². The Morgan fingerprint density at radius 3 is 2.63 bits per heavy atom. The van der Waals surface area contributed by atoms with Gasteiger partial charge in [-0.05, 0) is 41.4 Å². The Labute approximate surface area is 121 Å². The minimum atomic E-state index is -0.604. The first-order chi connectivity index (χ1) is 8.90. The van der Waals surface area contributed by atoms with E-state index in [2.05, 4.69) is 32.8 Å². The average molecular weight is 375 g/mol. The van der Waals surface area contributed by atoms with Crippen LogP contribution in [0.3, 0.4) is 0 Å². The molecule has 0 atom stereocenters. The number of nitrogens with zero attached hydrogens (tertiary/aromatic N) is 5. The molecule has 0 saturated heterocycles. The molecule has 0 aliphatic carbocycles. The molecular weight excluding hydrogens is 365 g/mol. The average Bonchev–Trinajstić information content (AvgIpc) is 2.90. The highest BCUT2D eigenvalue weighted by Gasteiger charge is 2.18. The Bertz CT molecular complexity index is 660. The number of aromatic nitrogens is 4. The third kappa shape index (κ3) is 2.64. The summed E-state index contributed by atoms with van der Waals surface area (Å²) in [4.78, 5) is 21.9. The van der Waals surface area contributed by atoms with Gasteiger partial charge in [-0.1, -0.05) is 0 Å². The number of aryl methyl sites for hydroxylation is 1. The summed E-state index contributed by atoms with van der Waals surface area (Å²) in [5.41, 5.74) is 1.53. The van der Waals surface area contributed by atoms with Crippen molar-refractivity contribution < 1.29 is 9.72 Å². The van der Waals surface area contributed by atoms with E-state index < -0.39 is 4.92 Å². The quantitative estimate of drug-likeness (QED) is 0.461. The summed E-state index contributed by atoms with van der Waals surface area (Å²) in [5.74, 6) is -0.572. The second-order valence-corrected chi connectivity index (χ2v) is 5.00. The highest BCUT2D eigenvalue weighted by atomic mass is 127. The summed E-state index contributed by atoms with van der Waals surface area (Å²) in [5, 5.41) is 18.3. The Kier molecular flexibility index (Phi) is 3.64. The van der Waals surface area contributed by atoms with E-state index >= 15 is 0 Å². The molecule has 0 amide bonds. The van der Waals surface area contributed by atoms with Crippen LogP contribution in [-0.2, 0) is 6.54 Å². The van der Waals surface area contributed by atoms with Crippen LogP contribution in [0.2, 0.25) is 0 Å². The molecule has 0 N–H and O–H groups in total. The third-order valence-corrected chi connectivity index (χ3v) is 4.11. The molecule has 0 fully saturated rings. The van der Waals surface area contributed by atoms with Crippen molar-refractivity contribution in [2.45, 2.75) is 20.4 Å². The SMILES string of the molecule is Cc1nn(C(=O)Cn2ccc([N+](=O)[O-])n2)c(C)c1I. The number of rotatable bonds is 3. The highest BCUT2D eigenvalue weighted by molar-refractivity contribution is 14.1. The molecule has 0 spiro atoms. The lowest BCUT2D eigenvalue weighted by molar-refractivity contribution is -0.389. The largest absolute Gasteiger partial charge is 0.389 e. The van der Waals surface area contributed by atoms with E-state index in [1.807, 2.05) is 6.92 Å². The fourth-order valence-corrected chi connectivity index (χ4v) is 1.94. The molecule has 9 heteroatoms. The Morgan fingerprint density at radius 1 is 1.47 bits per heavy atom. The van der Waals surface area contributed by atoms with Gasteiger partial charge in [-0.2, -0.15) is 9.78 Å². The maximum Gasteiger partial charge on any atom is 0.389 e. The van der Waals surface area contributed by atoms with Crippen LogP contribution in [-0.4, -0.2) is 30.4 Å². The zero-order valence-corrected chi connectivity index (χ0v) is 12.4. The lowest BCUT2D eigenvalue weighted by Crippen LogP contribution is -2.20. The van der Waals surface area contributed by atoms with E-state index in [-0.39, 0.29) is 18.3 Å². The van der Waals surface area contributed by atoms with Crippen molar-refractivity contribution in [3.05, 3.63) is 37.3 Å². The smallest absolute Gasteiger partial charge is 0.358 e. The van der Waals surface area contributed by atoms with Crippen LogP contribution in [0.5, 0.6) is 0 Å². The number of halogens is 1. The van der Waals surface area contributed by atoms with Crippen molar-refractivity contribution >= 4 is 34.3 Å². The zero-order chi connectivity index (χ0) is 14.2. The predicted octanol–water partition coefficient (Wildman–Crippen LogP) is 1.55. The molecule has 0 saturated carbocycles. The first-order valence-corrected chi connectivity index (χ1v) is 6.41. The van der Waals surface area contributed by atoms with Gasteiger partial charge in [-0.25, -0.2) is 4.68 Å². The summed E-state index contributed by atoms with van der Waals surface area (Å²) in [6.45, 7) is 3.52. The summed E-state index contributed by atoms with van der Waals surface area (Å²) in [7, 11) is 0. The molecule has 2 aromatic rings. The van der Waals surface area contributed by atoms with Crippen LogP contribution < -0.4 is 0 Å². The fourth-order valence-electron chi connectivity index (χ4n) is 1.61. The van der Waals surface area contributed by atoms with Gasteiger partial charge >= 0.3 is 5.82 Å². The lowest BCUT2D eigenvalue weighted by atomic mass is 10.4. The van der Waals surface area contributed by atoms with Crippen LogP contribution in [0.1, 0.15) is 16.2 Å². The maximum atomic E-state index is 12.0. The summed E-state index contributed by atoms with van der Waals surface area (Å²) in [6.07, 6.45) is 1.40. The first kappa shape index (κ1) is 13.6. The molecule has 8 nitrogen and oxygen atoms in total. The monoisotopic (exact) mass is 375 g/mol. The third-order valence-electron chi connectivity index (χ3n) is 2.55. The molecule has 0 aliphatic rings. The van der Waals surface area contributed by atoms with Crippen LogP contribution in [0, 0.1) is 27.5 Å². The van der Waals surface area contributed by atoms with E-state index in [4.69, 9.17) is 0 Å². The van der Waals surface area contributed by atoms with Crippen molar-refractivity contribution in [3.63, 3.8) is 0 Å². The van der Waals surface area contributed by atoms with E-state index in [0.717, 1.165) is 15.0 Å². The summed E-state index contributed by atoms with van der Waals surface area (Å²) in [6, 6.07) is 1.25. The normalized spacial score (nSPS) is 10.7. The molecule has 100 valence electrons. The molecular formula is C10H10IN5O3. The van der Waals surface area contributed by atoms with Gasteiger partial charge < -0.3 is 10.1 Å². The number of hydrogen-bond acceptors (Lipinski definition) is 5. The van der Waals surface area contributed by atoms with Gasteiger partial charge in [0.25, 0.3) is 5.91 Å². The second-order valence-electron chi connectivity index (χ2n) is 3.92. The van der Waals surface area contributed by atoms with Gasteiger partial charge in [-0.3, -0.25) is 4.79 Å². The molecule has 2 aromatic heterocycles. The highest BCUT2D eigenvalue weighted by Crippen LogP contribution is 2.15. The van der Waals surface area contributed by atoms with Crippen LogP contribution in [0.4, 0.5) is 5.82 Å². The molecule has 0 aromatic carbocycles. The molecule has 0 bridgehead atoms. The fraction of sp³-hybridized carbons (Fsp3) is 0.300. The van der Waals surface area contributed by atoms with Gasteiger partial charge in [0.15, 0.2) is 0 Å². The van der Waals surface area contributed by atoms with Gasteiger partial charge in [0.2, 0.25) is 0 Å². The standard InChI is InChI=1S/C10H10IN5O3/c1-6-10(11)7(2)15(12-6)9(17)5-14-4-3-8(13-14)16(18)19/h3-4H,5H2,1-2H3. The lowest BCUT2D eigenvalue weighted by Gasteiger charge is -2.01. The van der Waals surface area contributed by atoms with Gasteiger partial charge in [0, 0.05) is 0 Å². The van der Waals surface area contributed by atoms with Gasteiger partial charge in [-0.15, -0.1) is 0 Å². The minimum Gasteiger partial charge on any atom is -0.358 e. The molecule has 2 heterocycles. The predicted molar refractivity (Wildman–Crippen MR) is 73.9 cm³/mol. The molecule has 0 radical (unpaired) electrons. The summed E-state index contributed by atoms with van der Waals surface area (Å²) >= 11 is 2.12. The molecule has 19 heavy (non-hydrogen) atoms. The number of hydrogen-bond donors (Lipinski definition) is 0. The summed E-state index contributed by atoms with van der Waals surface area (Å²) < 4.78 is 3.45. The topological polar surface area (TPSA) is 95.8 Å². The van der Waals surface area contributed by atoms with Crippen molar-refractivity contribution in [2.24, 2.45) is 0 Å². The van der Waals surface area contributed by atoms with E-state index in [9.17, 15) is 14.9 Å². The Hall–Kier alpha value is -1.78.